The summed E-state index contributed by atoms with van der Waals surface area (Å²) in [5.74, 6) is -1.52. The summed E-state index contributed by atoms with van der Waals surface area (Å²) in [5, 5.41) is 1.69. The van der Waals surface area contributed by atoms with Gasteiger partial charge in [-0.3, -0.25) is 39.7 Å². The number of nitrogens with one attached hydrogen (secondary N) is 2. The van der Waals surface area contributed by atoms with Gasteiger partial charge in [-0.15, -0.1) is 0 Å². The van der Waals surface area contributed by atoms with Gasteiger partial charge < -0.3 is 9.64 Å². The van der Waals surface area contributed by atoms with Crippen molar-refractivity contribution in [2.45, 2.75) is 6.42 Å². The van der Waals surface area contributed by atoms with Crippen molar-refractivity contribution in [2.24, 2.45) is 0 Å². The molecule has 0 radical (unpaired) electrons. The summed E-state index contributed by atoms with van der Waals surface area (Å²) in [6.07, 6.45) is 1.38. The Labute approximate surface area is 173 Å². The quantitative estimate of drug-likeness (QED) is 0.617. The van der Waals surface area contributed by atoms with Crippen LogP contribution in [0.3, 0.4) is 0 Å². The largest absolute Gasteiger partial charge is 0.383 e. The molecular weight excluding hydrogens is 390 g/mol. The van der Waals surface area contributed by atoms with Crippen LogP contribution in [0.2, 0.25) is 0 Å². The van der Waals surface area contributed by atoms with Crippen LogP contribution in [0.25, 0.3) is 0 Å². The van der Waals surface area contributed by atoms with Gasteiger partial charge >= 0.3 is 0 Å². The highest BCUT2D eigenvalue weighted by Gasteiger charge is 2.28. The third kappa shape index (κ3) is 4.66. The van der Waals surface area contributed by atoms with Gasteiger partial charge in [0.05, 0.1) is 13.0 Å². The first-order valence-electron chi connectivity index (χ1n) is 9.30. The van der Waals surface area contributed by atoms with Crippen LogP contribution in [0.5, 0.6) is 0 Å². The normalized spacial score (nSPS) is 13.1. The van der Waals surface area contributed by atoms with Crippen LogP contribution in [0.4, 0.5) is 0 Å². The molecule has 2 heterocycles. The Morgan fingerprint density at radius 3 is 2.57 bits per heavy atom. The highest BCUT2D eigenvalue weighted by Crippen LogP contribution is 2.12. The number of ether oxygens (including phenoxy) is 1. The molecule has 0 saturated heterocycles. The number of hydrazine groups is 1. The maximum Gasteiger partial charge on any atom is 0.275 e. The molecule has 1 aromatic heterocycles. The van der Waals surface area contributed by atoms with Gasteiger partial charge in [0.2, 0.25) is 5.91 Å². The number of amides is 3. The molecule has 0 spiro atoms. The SMILES string of the molecule is COCCN1CN(C)n2cc(C(=O)NNC(=O)Cc3ccccc3)c(=O)cc2C1=O. The molecule has 158 valence electrons. The van der Waals surface area contributed by atoms with Crippen LogP contribution >= 0.6 is 0 Å². The van der Waals surface area contributed by atoms with Gasteiger partial charge in [0.1, 0.15) is 17.9 Å². The van der Waals surface area contributed by atoms with Gasteiger partial charge in [-0.05, 0) is 5.56 Å². The maximum absolute atomic E-state index is 12.6. The fourth-order valence-corrected chi connectivity index (χ4v) is 3.07. The number of nitrogens with zero attached hydrogens (tertiary/aromatic N) is 3. The van der Waals surface area contributed by atoms with Crippen molar-refractivity contribution in [3.05, 3.63) is 69.6 Å². The number of rotatable bonds is 6. The molecule has 2 N–H and O–H groups in total. The number of fused-ring (bicyclic) bond motifs is 1. The van der Waals surface area contributed by atoms with E-state index in [0.717, 1.165) is 11.6 Å². The second-order valence-corrected chi connectivity index (χ2v) is 6.81. The van der Waals surface area contributed by atoms with Gasteiger partial charge in [-0.1, -0.05) is 30.3 Å². The lowest BCUT2D eigenvalue weighted by Crippen LogP contribution is -2.53. The van der Waals surface area contributed by atoms with E-state index in [1.54, 1.807) is 36.2 Å². The summed E-state index contributed by atoms with van der Waals surface area (Å²) in [7, 11) is 3.27. The molecule has 1 aliphatic rings. The van der Waals surface area contributed by atoms with Crippen LogP contribution in [-0.2, 0) is 16.0 Å². The number of hydrogen-bond acceptors (Lipinski definition) is 6. The van der Waals surface area contributed by atoms with Gasteiger partial charge in [0.15, 0.2) is 5.43 Å². The van der Waals surface area contributed by atoms with E-state index in [4.69, 9.17) is 4.74 Å². The second kappa shape index (κ2) is 9.23. The fourth-order valence-electron chi connectivity index (χ4n) is 3.07. The zero-order valence-electron chi connectivity index (χ0n) is 16.8. The molecule has 0 aliphatic carbocycles. The summed E-state index contributed by atoms with van der Waals surface area (Å²) < 4.78 is 6.46. The number of methoxy groups -OCH3 is 1. The maximum atomic E-state index is 12.6. The van der Waals surface area contributed by atoms with E-state index in [1.807, 2.05) is 18.2 Å². The van der Waals surface area contributed by atoms with Crippen molar-refractivity contribution in [2.75, 3.05) is 39.0 Å². The van der Waals surface area contributed by atoms with E-state index in [0.29, 0.717) is 13.2 Å². The monoisotopic (exact) mass is 413 g/mol. The van der Waals surface area contributed by atoms with Crippen LogP contribution in [-0.4, -0.2) is 61.3 Å². The van der Waals surface area contributed by atoms with Crippen molar-refractivity contribution in [1.29, 1.82) is 0 Å². The van der Waals surface area contributed by atoms with Crippen molar-refractivity contribution in [3.63, 3.8) is 0 Å². The minimum atomic E-state index is -0.764. The van der Waals surface area contributed by atoms with Crippen molar-refractivity contribution >= 4 is 17.7 Å². The van der Waals surface area contributed by atoms with E-state index < -0.39 is 17.2 Å². The van der Waals surface area contributed by atoms with E-state index in [9.17, 15) is 19.2 Å². The third-order valence-corrected chi connectivity index (χ3v) is 4.61. The molecule has 0 fully saturated rings. The summed E-state index contributed by atoms with van der Waals surface area (Å²) in [5.41, 5.74) is 4.67. The topological polar surface area (TPSA) is 113 Å². The smallest absolute Gasteiger partial charge is 0.275 e. The Hall–Kier alpha value is -3.66. The molecule has 2 aromatic rings. The Morgan fingerprint density at radius 2 is 1.87 bits per heavy atom. The molecule has 0 unspecified atom stereocenters. The molecule has 3 amide bonds. The van der Waals surface area contributed by atoms with Gasteiger partial charge in [0.25, 0.3) is 11.8 Å². The van der Waals surface area contributed by atoms with Crippen LogP contribution < -0.4 is 21.3 Å². The highest BCUT2D eigenvalue weighted by atomic mass is 16.5. The number of carbonyl (C=O) groups excluding carboxylic acids is 3. The first-order chi connectivity index (χ1) is 14.4. The Bertz CT molecular complexity index is 1000. The summed E-state index contributed by atoms with van der Waals surface area (Å²) in [6.45, 7) is 1.02. The first kappa shape index (κ1) is 21.1. The molecular formula is C20H23N5O5. The van der Waals surface area contributed by atoms with E-state index in [2.05, 4.69) is 10.9 Å². The first-order valence-corrected chi connectivity index (χ1v) is 9.30. The second-order valence-electron chi connectivity index (χ2n) is 6.81. The highest BCUT2D eigenvalue weighted by molar-refractivity contribution is 5.97. The fraction of sp³-hybridized carbons (Fsp3) is 0.300. The van der Waals surface area contributed by atoms with E-state index in [1.165, 1.54) is 10.9 Å². The number of pyridine rings is 1. The predicted octanol–water partition coefficient (Wildman–Crippen LogP) is -0.520. The molecule has 1 aromatic carbocycles. The van der Waals surface area contributed by atoms with Crippen LogP contribution in [0, 0.1) is 0 Å². The Morgan fingerprint density at radius 1 is 1.13 bits per heavy atom. The minimum absolute atomic E-state index is 0.0822. The third-order valence-electron chi connectivity index (χ3n) is 4.61. The Kier molecular flexibility index (Phi) is 6.48. The number of aromatic nitrogens is 1. The van der Waals surface area contributed by atoms with Crippen molar-refractivity contribution in [3.8, 4) is 0 Å². The standard InChI is InChI=1S/C20H23N5O5/c1-23-13-24(8-9-30-2)20(29)16-11-17(26)15(12-25(16)23)19(28)22-21-18(27)10-14-6-4-3-5-7-14/h3-7,11-12H,8-10,13H2,1-2H3,(H,21,27)(H,22,28). The average molecular weight is 413 g/mol. The van der Waals surface area contributed by atoms with E-state index >= 15 is 0 Å². The summed E-state index contributed by atoms with van der Waals surface area (Å²) >= 11 is 0. The Balaban J connectivity index is 1.70. The number of benzene rings is 1. The molecule has 0 bridgehead atoms. The molecule has 30 heavy (non-hydrogen) atoms. The zero-order valence-corrected chi connectivity index (χ0v) is 16.8. The summed E-state index contributed by atoms with van der Waals surface area (Å²) in [6, 6.07) is 10.2. The van der Waals surface area contributed by atoms with Crippen molar-refractivity contribution < 1.29 is 19.1 Å². The van der Waals surface area contributed by atoms with Crippen LogP contribution in [0.15, 0.2) is 47.4 Å². The van der Waals surface area contributed by atoms with Gasteiger partial charge in [-0.25, -0.2) is 0 Å². The number of carbonyl (C=O) groups is 3. The van der Waals surface area contributed by atoms with Gasteiger partial charge in [-0.2, -0.15) is 0 Å². The summed E-state index contributed by atoms with van der Waals surface area (Å²) in [4.78, 5) is 51.0. The average Bonchev–Trinajstić information content (AvgIpc) is 2.74. The molecule has 10 heteroatoms. The van der Waals surface area contributed by atoms with Gasteiger partial charge in [0, 0.05) is 33.0 Å². The molecule has 3 rings (SSSR count). The predicted molar refractivity (Wildman–Crippen MR) is 108 cm³/mol. The molecule has 0 atom stereocenters. The molecule has 1 aliphatic heterocycles. The number of hydrogen-bond donors (Lipinski definition) is 2. The van der Waals surface area contributed by atoms with Crippen molar-refractivity contribution in [1.82, 2.24) is 20.4 Å². The lowest BCUT2D eigenvalue weighted by Gasteiger charge is -2.37. The minimum Gasteiger partial charge on any atom is -0.383 e. The molecule has 0 saturated carbocycles. The molecule has 10 nitrogen and oxygen atoms in total. The zero-order chi connectivity index (χ0) is 21.7. The lowest BCUT2D eigenvalue weighted by molar-refractivity contribution is -0.121. The lowest BCUT2D eigenvalue weighted by atomic mass is 10.1. The van der Waals surface area contributed by atoms with E-state index in [-0.39, 0.29) is 30.3 Å². The van der Waals surface area contributed by atoms with Crippen LogP contribution in [0.1, 0.15) is 26.4 Å².